The van der Waals surface area contributed by atoms with E-state index < -0.39 is 58.6 Å². The molecular weight excluding hydrogens is 1050 g/mol. The van der Waals surface area contributed by atoms with E-state index in [1.165, 1.54) is 114 Å². The highest BCUT2D eigenvalue weighted by atomic mass is 19.1. The number of furan rings is 2. The predicted molar refractivity (Wildman–Crippen MR) is 292 cm³/mol. The lowest BCUT2D eigenvalue weighted by Gasteiger charge is -2.62. The molecule has 2 heterocycles. The Labute approximate surface area is 461 Å². The van der Waals surface area contributed by atoms with E-state index in [1.54, 1.807) is 30.3 Å². The second kappa shape index (κ2) is 22.0. The van der Waals surface area contributed by atoms with Gasteiger partial charge in [0.15, 0.2) is 5.78 Å². The van der Waals surface area contributed by atoms with Gasteiger partial charge in [-0.25, -0.2) is 22.4 Å². The quantitative estimate of drug-likeness (QED) is 0.0454. The molecule has 0 saturated heterocycles. The van der Waals surface area contributed by atoms with Crippen LogP contribution in [0, 0.1) is 40.5 Å². The van der Waals surface area contributed by atoms with Gasteiger partial charge in [-0.1, -0.05) is 12.1 Å². The van der Waals surface area contributed by atoms with Crippen LogP contribution in [-0.4, -0.2) is 74.5 Å². The van der Waals surface area contributed by atoms with Crippen LogP contribution in [0.5, 0.6) is 0 Å². The highest BCUT2D eigenvalue weighted by molar-refractivity contribution is 6.13. The lowest BCUT2D eigenvalue weighted by Crippen LogP contribution is -2.64. The molecule has 14 rings (SSSR count). The summed E-state index contributed by atoms with van der Waals surface area (Å²) in [5, 5.41) is 15.3. The number of carbonyl (C=O) groups excluding carboxylic acids is 5. The molecule has 5 N–H and O–H groups in total. The molecule has 0 radical (unpaired) electrons. The highest BCUT2D eigenvalue weighted by Crippen LogP contribution is 2.66. The fourth-order valence-corrected chi connectivity index (χ4v) is 11.6. The number of carboxylic acids is 1. The first-order chi connectivity index (χ1) is 38.7. The topological polar surface area (TPSA) is 217 Å². The minimum atomic E-state index is -1.45. The van der Waals surface area contributed by atoms with Gasteiger partial charge in [0.2, 0.25) is 0 Å². The Balaban J connectivity index is 0.000000165. The van der Waals surface area contributed by atoms with Gasteiger partial charge in [-0.2, -0.15) is 0 Å². The smallest absolute Gasteiger partial charge is 0.338 e. The van der Waals surface area contributed by atoms with Crippen LogP contribution in [0.15, 0.2) is 118 Å². The third-order valence-corrected chi connectivity index (χ3v) is 15.9. The molecule has 6 aliphatic rings. The van der Waals surface area contributed by atoms with E-state index in [4.69, 9.17) is 24.0 Å². The Morgan fingerprint density at radius 2 is 0.951 bits per heavy atom. The molecule has 6 aliphatic carbocycles. The standard InChI is InChI=1S/C32H27F2NO5.C26H19F2NO6.C5H9N/c1-35-31(38)29-24-12-22(19-5-8-25(34)23(9-19)26(36)16-32-13-17(14-32)15-32)20(11-28(37)39-2)10-27(24)40-30(29)18-3-6-21(33)7-4-18;1-29-25(31)23-19-12-17(14-5-8-20(28)18(9-14)26(32)33)15(11-22(30)34-2)10-21(19)35-24(23)13-3-6-16(27)7-4-13;6-5-1-4(2-5)3-5/h3-10,12,17H,11,13-16H2,1-2H3,(H,35,38);3-10,12H,11H2,1-2H3,(H,29,31)(H,32,33);4H,1-3,6H2. The molecule has 6 saturated carbocycles. The molecule has 0 spiro atoms. The average molecular weight is 1110 g/mol. The summed E-state index contributed by atoms with van der Waals surface area (Å²) in [6.07, 6.45) is 7.07. The minimum Gasteiger partial charge on any atom is -0.478 e. The van der Waals surface area contributed by atoms with Crippen molar-refractivity contribution in [2.24, 2.45) is 23.0 Å². The van der Waals surface area contributed by atoms with Gasteiger partial charge in [-0.05, 0) is 186 Å². The Morgan fingerprint density at radius 3 is 1.30 bits per heavy atom. The molecule has 0 aliphatic heterocycles. The monoisotopic (exact) mass is 1110 g/mol. The number of rotatable bonds is 14. The Hall–Kier alpha value is -8.90. The number of halogens is 4. The van der Waals surface area contributed by atoms with E-state index in [9.17, 15) is 51.4 Å². The first-order valence-corrected chi connectivity index (χ1v) is 26.2. The molecule has 6 fully saturated rings. The predicted octanol–water partition coefficient (Wildman–Crippen LogP) is 11.8. The van der Waals surface area contributed by atoms with E-state index in [-0.39, 0.29) is 57.8 Å². The van der Waals surface area contributed by atoms with Crippen LogP contribution < -0.4 is 16.4 Å². The number of carbonyl (C=O) groups is 6. The second-order valence-electron chi connectivity index (χ2n) is 21.4. The SMILES string of the molecule is CNC(=O)c1c(-c2ccc(F)cc2)oc2cc(CC(=O)OC)c(-c3ccc(F)c(C(=O)CC45CC(C4)C5)c3)cc12.CNC(=O)c1c(-c2ccc(F)cc2)oc2cc(CC(=O)OC)c(-c3ccc(F)c(C(=O)O)c3)cc12.NC12CC(C1)C2. The highest BCUT2D eigenvalue weighted by Gasteiger charge is 2.57. The maximum absolute atomic E-state index is 14.9. The third-order valence-electron chi connectivity index (χ3n) is 15.9. The van der Waals surface area contributed by atoms with Crippen LogP contribution >= 0.6 is 0 Å². The molecule has 81 heavy (non-hydrogen) atoms. The maximum atomic E-state index is 14.9. The van der Waals surface area contributed by atoms with Gasteiger partial charge in [-0.15, -0.1) is 0 Å². The number of ether oxygens (including phenoxy) is 2. The fraction of sp³-hybridized carbons (Fsp3) is 0.270. The van der Waals surface area contributed by atoms with Gasteiger partial charge in [0, 0.05) is 48.0 Å². The van der Waals surface area contributed by atoms with Crippen molar-refractivity contribution in [3.05, 3.63) is 166 Å². The largest absolute Gasteiger partial charge is 0.478 e. The number of methoxy groups -OCH3 is 2. The van der Waals surface area contributed by atoms with Crippen LogP contribution in [0.4, 0.5) is 17.6 Å². The number of amides is 2. The van der Waals surface area contributed by atoms with Gasteiger partial charge in [-0.3, -0.25) is 24.0 Å². The van der Waals surface area contributed by atoms with Gasteiger partial charge >= 0.3 is 17.9 Å². The van der Waals surface area contributed by atoms with Crippen LogP contribution in [-0.2, 0) is 31.9 Å². The zero-order chi connectivity index (χ0) is 57.7. The van der Waals surface area contributed by atoms with Crippen molar-refractivity contribution in [3.63, 3.8) is 0 Å². The molecule has 4 bridgehead atoms. The number of nitrogens with two attached hydrogens (primary N) is 1. The van der Waals surface area contributed by atoms with E-state index in [2.05, 4.69) is 10.6 Å². The molecule has 14 nitrogen and oxygen atoms in total. The van der Waals surface area contributed by atoms with Gasteiger partial charge < -0.3 is 39.8 Å². The Morgan fingerprint density at radius 1 is 0.568 bits per heavy atom. The lowest BCUT2D eigenvalue weighted by atomic mass is 9.43. The van der Waals surface area contributed by atoms with Crippen molar-refractivity contribution >= 4 is 57.4 Å². The maximum Gasteiger partial charge on any atom is 0.338 e. The normalized spacial score (nSPS) is 18.7. The summed E-state index contributed by atoms with van der Waals surface area (Å²) >= 11 is 0. The number of hydrogen-bond acceptors (Lipinski definition) is 11. The number of ketones is 1. The van der Waals surface area contributed by atoms with Crippen LogP contribution in [0.3, 0.4) is 0 Å². The Bertz CT molecular complexity index is 3830. The number of benzene rings is 6. The summed E-state index contributed by atoms with van der Waals surface area (Å²) < 4.78 is 77.8. The van der Waals surface area contributed by atoms with E-state index in [0.717, 1.165) is 37.3 Å². The van der Waals surface area contributed by atoms with Gasteiger partial charge in [0.05, 0.1) is 49.3 Å². The summed E-state index contributed by atoms with van der Waals surface area (Å²) in [6.45, 7) is 0. The number of nitrogens with one attached hydrogen (secondary N) is 2. The molecule has 6 aromatic carbocycles. The summed E-state index contributed by atoms with van der Waals surface area (Å²) in [4.78, 5) is 75.0. The summed E-state index contributed by atoms with van der Waals surface area (Å²) in [6, 6.07) is 25.3. The van der Waals surface area contributed by atoms with Crippen molar-refractivity contribution in [2.45, 2.75) is 63.3 Å². The van der Waals surface area contributed by atoms with Gasteiger partial charge in [0.1, 0.15) is 46.0 Å². The number of hydrogen-bond donors (Lipinski definition) is 4. The van der Waals surface area contributed by atoms with Crippen molar-refractivity contribution in [2.75, 3.05) is 28.3 Å². The molecule has 0 unspecified atom stereocenters. The minimum absolute atomic E-state index is 0.0112. The van der Waals surface area contributed by atoms with E-state index in [0.29, 0.717) is 78.7 Å². The number of fused-ring (bicyclic) bond motifs is 2. The first-order valence-electron chi connectivity index (χ1n) is 26.2. The zero-order valence-electron chi connectivity index (χ0n) is 44.5. The molecule has 2 aromatic heterocycles. The zero-order valence-corrected chi connectivity index (χ0v) is 44.5. The fourth-order valence-electron chi connectivity index (χ4n) is 11.6. The number of aromatic carboxylic acids is 1. The van der Waals surface area contributed by atoms with Crippen molar-refractivity contribution < 1.29 is 69.7 Å². The number of Topliss-reactive ketones (excluding diaryl/α,β-unsaturated/α-hetero) is 1. The van der Waals surface area contributed by atoms with Crippen LogP contribution in [0.25, 0.3) is 66.8 Å². The average Bonchev–Trinajstić information content (AvgIpc) is 4.12. The molecule has 8 aromatic rings. The molecular formula is C63H55F4N3O11. The van der Waals surface area contributed by atoms with E-state index in [1.807, 2.05) is 0 Å². The number of esters is 2. The van der Waals surface area contributed by atoms with Crippen molar-refractivity contribution in [3.8, 4) is 44.9 Å². The lowest BCUT2D eigenvalue weighted by molar-refractivity contribution is -0.140. The van der Waals surface area contributed by atoms with Crippen LogP contribution in [0.2, 0.25) is 0 Å². The summed E-state index contributed by atoms with van der Waals surface area (Å²) in [5.41, 5.74) is 10.2. The summed E-state index contributed by atoms with van der Waals surface area (Å²) in [7, 11) is 5.45. The number of carboxylic acid groups (broad SMARTS) is 1. The second-order valence-corrected chi connectivity index (χ2v) is 21.4. The molecule has 416 valence electrons. The van der Waals surface area contributed by atoms with Crippen molar-refractivity contribution in [1.82, 2.24) is 10.6 Å². The van der Waals surface area contributed by atoms with Crippen molar-refractivity contribution in [1.29, 1.82) is 0 Å². The molecule has 0 atom stereocenters. The van der Waals surface area contributed by atoms with E-state index >= 15 is 0 Å². The molecule has 18 heteroatoms. The third kappa shape index (κ3) is 10.9. The molecule has 2 amide bonds. The summed E-state index contributed by atoms with van der Waals surface area (Å²) in [5.74, 6) is -3.85. The first kappa shape index (κ1) is 55.4. The van der Waals surface area contributed by atoms with Gasteiger partial charge in [0.25, 0.3) is 11.8 Å². The van der Waals surface area contributed by atoms with Crippen LogP contribution in [0.1, 0.15) is 97.5 Å². The Kier molecular flexibility index (Phi) is 15.0.